The normalized spacial score (nSPS) is 14.6. The Labute approximate surface area is 249 Å². The Morgan fingerprint density at radius 2 is 1.62 bits per heavy atom. The molecule has 242 valence electrons. The molecule has 1 aliphatic heterocycles. The van der Waals surface area contributed by atoms with Gasteiger partial charge in [-0.15, -0.1) is 0 Å². The summed E-state index contributed by atoms with van der Waals surface area (Å²) in [6.07, 6.45) is -10.1. The van der Waals surface area contributed by atoms with E-state index in [2.05, 4.69) is 0 Å². The summed E-state index contributed by atoms with van der Waals surface area (Å²) in [6, 6.07) is 0.214. The van der Waals surface area contributed by atoms with Crippen molar-refractivity contribution in [2.24, 2.45) is 7.05 Å². The number of hydrogen-bond acceptors (Lipinski definition) is 5. The standard InChI is InChI=1S/C29H25F8N3O5/c1-12-6-19(29(35,36)37)23(26(42)40(12)3)16-5-4-14(17-10-45-11-18(16)17)7-22(27(43)44)39-25(41)24-20(30)8-15(9-21(24)31)38-13(2)28(32,33)34/h4-6,8-9,13,22,38H,7,10-11H2,1-3H3,(H,39,41)(H,43,44). The molecule has 0 aliphatic carbocycles. The van der Waals surface area contributed by atoms with Crippen LogP contribution in [-0.4, -0.2) is 39.8 Å². The predicted octanol–water partition coefficient (Wildman–Crippen LogP) is 5.48. The van der Waals surface area contributed by atoms with Crippen LogP contribution in [0.1, 0.15) is 45.2 Å². The number of carbonyl (C=O) groups is 2. The van der Waals surface area contributed by atoms with Crippen LogP contribution in [0, 0.1) is 18.6 Å². The van der Waals surface area contributed by atoms with E-state index >= 15 is 0 Å². The first kappa shape index (κ1) is 33.4. The van der Waals surface area contributed by atoms with Crippen LogP contribution in [0.4, 0.5) is 40.8 Å². The van der Waals surface area contributed by atoms with Gasteiger partial charge in [0.05, 0.1) is 24.3 Å². The van der Waals surface area contributed by atoms with Crippen molar-refractivity contribution in [2.75, 3.05) is 5.32 Å². The number of rotatable bonds is 8. The summed E-state index contributed by atoms with van der Waals surface area (Å²) in [7, 11) is 1.31. The maximum absolute atomic E-state index is 14.7. The number of aliphatic carboxylic acids is 1. The summed E-state index contributed by atoms with van der Waals surface area (Å²) in [6.45, 7) is 1.67. The summed E-state index contributed by atoms with van der Waals surface area (Å²) in [5, 5.41) is 13.6. The summed E-state index contributed by atoms with van der Waals surface area (Å²) in [5.74, 6) is -6.28. The zero-order valence-corrected chi connectivity index (χ0v) is 23.7. The van der Waals surface area contributed by atoms with Gasteiger partial charge in [-0.25, -0.2) is 13.6 Å². The average Bonchev–Trinajstić information content (AvgIpc) is 3.41. The van der Waals surface area contributed by atoms with Crippen molar-refractivity contribution < 1.29 is 54.6 Å². The molecule has 8 nitrogen and oxygen atoms in total. The average molecular weight is 648 g/mol. The summed E-state index contributed by atoms with van der Waals surface area (Å²) in [4.78, 5) is 37.8. The van der Waals surface area contributed by atoms with E-state index in [4.69, 9.17) is 4.74 Å². The molecule has 2 atom stereocenters. The molecule has 16 heteroatoms. The number of nitrogens with one attached hydrogen (secondary N) is 2. The number of fused-ring (bicyclic) bond motifs is 1. The first-order chi connectivity index (χ1) is 20.8. The fraction of sp³-hybridized carbons (Fsp3) is 0.345. The highest BCUT2D eigenvalue weighted by Gasteiger charge is 2.38. The molecular weight excluding hydrogens is 622 g/mol. The molecule has 1 amide bonds. The minimum atomic E-state index is -4.88. The molecule has 45 heavy (non-hydrogen) atoms. The van der Waals surface area contributed by atoms with Crippen LogP contribution in [0.25, 0.3) is 11.1 Å². The minimum Gasteiger partial charge on any atom is -0.480 e. The number of aromatic nitrogens is 1. The van der Waals surface area contributed by atoms with Gasteiger partial charge in [0.1, 0.15) is 29.3 Å². The maximum Gasteiger partial charge on any atom is 0.417 e. The summed E-state index contributed by atoms with van der Waals surface area (Å²) < 4.78 is 116. The second kappa shape index (κ2) is 12.1. The van der Waals surface area contributed by atoms with Crippen molar-refractivity contribution in [3.05, 3.63) is 85.8 Å². The number of anilines is 1. The fourth-order valence-corrected chi connectivity index (χ4v) is 4.93. The number of pyridine rings is 1. The van der Waals surface area contributed by atoms with Crippen molar-refractivity contribution in [1.82, 2.24) is 9.88 Å². The van der Waals surface area contributed by atoms with Gasteiger partial charge in [-0.1, -0.05) is 12.1 Å². The number of nitrogens with zero attached hydrogens (tertiary/aromatic N) is 1. The van der Waals surface area contributed by atoms with Gasteiger partial charge in [0.2, 0.25) is 0 Å². The molecule has 3 aromatic rings. The lowest BCUT2D eigenvalue weighted by Gasteiger charge is -2.20. The van der Waals surface area contributed by atoms with Crippen molar-refractivity contribution in [1.29, 1.82) is 0 Å². The van der Waals surface area contributed by atoms with Crippen LogP contribution >= 0.6 is 0 Å². The Morgan fingerprint density at radius 1 is 1.02 bits per heavy atom. The SMILES string of the molecule is Cc1cc(C(F)(F)F)c(-c2ccc(CC(NC(=O)c3c(F)cc(NC(C)C(F)(F)F)cc3F)C(=O)O)c3c2COC3)c(=O)n1C. The lowest BCUT2D eigenvalue weighted by Crippen LogP contribution is -2.43. The molecule has 4 rings (SSSR count). The number of carbonyl (C=O) groups excluding carboxylic acids is 1. The Balaban J connectivity index is 1.66. The maximum atomic E-state index is 14.7. The lowest BCUT2D eigenvalue weighted by molar-refractivity contribution is -0.139. The Bertz CT molecular complexity index is 1710. The first-order valence-electron chi connectivity index (χ1n) is 13.2. The van der Waals surface area contributed by atoms with Crippen molar-refractivity contribution in [3.8, 4) is 11.1 Å². The number of benzene rings is 2. The van der Waals surface area contributed by atoms with Crippen LogP contribution in [0.2, 0.25) is 0 Å². The highest BCUT2D eigenvalue weighted by molar-refractivity contribution is 5.97. The molecule has 0 saturated heterocycles. The number of halogens is 8. The van der Waals surface area contributed by atoms with E-state index in [1.165, 1.54) is 26.1 Å². The van der Waals surface area contributed by atoms with Gasteiger partial charge in [-0.2, -0.15) is 26.3 Å². The van der Waals surface area contributed by atoms with E-state index < -0.39 is 82.3 Å². The van der Waals surface area contributed by atoms with Crippen molar-refractivity contribution in [2.45, 2.75) is 57.9 Å². The highest BCUT2D eigenvalue weighted by atomic mass is 19.4. The van der Waals surface area contributed by atoms with Gasteiger partial charge in [0, 0.05) is 24.8 Å². The van der Waals surface area contributed by atoms with Crippen LogP contribution < -0.4 is 16.2 Å². The van der Waals surface area contributed by atoms with Gasteiger partial charge >= 0.3 is 18.3 Å². The summed E-state index contributed by atoms with van der Waals surface area (Å²) >= 11 is 0. The molecule has 3 N–H and O–H groups in total. The monoisotopic (exact) mass is 647 g/mol. The van der Waals surface area contributed by atoms with Gasteiger partial charge in [0.15, 0.2) is 0 Å². The number of carboxylic acid groups (broad SMARTS) is 1. The molecule has 0 saturated carbocycles. The van der Waals surface area contributed by atoms with Crippen LogP contribution in [0.3, 0.4) is 0 Å². The molecule has 0 bridgehead atoms. The lowest BCUT2D eigenvalue weighted by atomic mass is 9.89. The molecular formula is C29H25F8N3O5. The third-order valence-corrected chi connectivity index (χ3v) is 7.44. The Hall–Kier alpha value is -4.47. The largest absolute Gasteiger partial charge is 0.480 e. The highest BCUT2D eigenvalue weighted by Crippen LogP contribution is 2.40. The molecule has 2 aromatic carbocycles. The number of hydrogen-bond donors (Lipinski definition) is 3. The molecule has 1 aromatic heterocycles. The van der Waals surface area contributed by atoms with E-state index in [1.807, 2.05) is 10.6 Å². The smallest absolute Gasteiger partial charge is 0.417 e. The Morgan fingerprint density at radius 3 is 2.18 bits per heavy atom. The number of alkyl halides is 6. The molecule has 0 radical (unpaired) electrons. The second-order valence-electron chi connectivity index (χ2n) is 10.4. The van der Waals surface area contributed by atoms with Gasteiger partial charge < -0.3 is 25.0 Å². The first-order valence-corrected chi connectivity index (χ1v) is 13.2. The van der Waals surface area contributed by atoms with Crippen molar-refractivity contribution >= 4 is 17.6 Å². The third kappa shape index (κ3) is 6.79. The topological polar surface area (TPSA) is 110 Å². The quantitative estimate of drug-likeness (QED) is 0.280. The van der Waals surface area contributed by atoms with E-state index in [0.717, 1.165) is 10.6 Å². The molecule has 1 aliphatic rings. The van der Waals surface area contributed by atoms with Crippen LogP contribution in [0.15, 0.2) is 35.1 Å². The number of amides is 1. The van der Waals surface area contributed by atoms with Crippen LogP contribution in [-0.2, 0) is 42.4 Å². The van der Waals surface area contributed by atoms with E-state index in [-0.39, 0.29) is 41.2 Å². The van der Waals surface area contributed by atoms with Gasteiger partial charge in [-0.3, -0.25) is 9.59 Å². The molecule has 2 heterocycles. The summed E-state index contributed by atoms with van der Waals surface area (Å²) in [5.41, 5.74) is -3.91. The van der Waals surface area contributed by atoms with Crippen molar-refractivity contribution in [3.63, 3.8) is 0 Å². The number of aryl methyl sites for hydroxylation is 1. The number of carboxylic acids is 1. The van der Waals surface area contributed by atoms with E-state index in [0.29, 0.717) is 19.1 Å². The molecule has 2 unspecified atom stereocenters. The predicted molar refractivity (Wildman–Crippen MR) is 143 cm³/mol. The van der Waals surface area contributed by atoms with E-state index in [1.54, 1.807) is 0 Å². The van der Waals surface area contributed by atoms with Gasteiger partial charge in [0.25, 0.3) is 11.5 Å². The molecule has 0 fully saturated rings. The zero-order valence-electron chi connectivity index (χ0n) is 23.7. The minimum absolute atomic E-state index is 0.0651. The second-order valence-corrected chi connectivity index (χ2v) is 10.4. The van der Waals surface area contributed by atoms with E-state index in [9.17, 15) is 54.6 Å². The Kier molecular flexibility index (Phi) is 9.02. The molecule has 0 spiro atoms. The number of ether oxygens (including phenoxy) is 1. The van der Waals surface area contributed by atoms with Crippen LogP contribution in [0.5, 0.6) is 0 Å². The third-order valence-electron chi connectivity index (χ3n) is 7.44. The zero-order chi connectivity index (χ0) is 33.6. The van der Waals surface area contributed by atoms with Gasteiger partial charge in [-0.05, 0) is 54.3 Å². The fourth-order valence-electron chi connectivity index (χ4n) is 4.93.